The lowest BCUT2D eigenvalue weighted by Crippen LogP contribution is -2.13. The summed E-state index contributed by atoms with van der Waals surface area (Å²) in [4.78, 5) is 20.8. The van der Waals surface area contributed by atoms with Crippen molar-refractivity contribution in [3.63, 3.8) is 0 Å². The van der Waals surface area contributed by atoms with Crippen molar-refractivity contribution in [1.29, 1.82) is 0 Å². The van der Waals surface area contributed by atoms with E-state index in [1.54, 1.807) is 12.1 Å². The largest absolute Gasteiger partial charge is 0.369 e. The van der Waals surface area contributed by atoms with Gasteiger partial charge in [-0.1, -0.05) is 12.1 Å². The molecule has 15 heavy (non-hydrogen) atoms. The summed E-state index contributed by atoms with van der Waals surface area (Å²) in [5.74, 6) is -0.229. The van der Waals surface area contributed by atoms with E-state index in [0.29, 0.717) is 0 Å². The molecule has 0 saturated heterocycles. The predicted molar refractivity (Wildman–Crippen MR) is 53.1 cm³/mol. The van der Waals surface area contributed by atoms with Gasteiger partial charge in [-0.15, -0.1) is 0 Å². The Morgan fingerprint density at radius 2 is 2.00 bits per heavy atom. The third-order valence-electron chi connectivity index (χ3n) is 2.69. The van der Waals surface area contributed by atoms with Crippen LogP contribution in [0.4, 0.5) is 5.69 Å². The monoisotopic (exact) mass is 206 g/mol. The van der Waals surface area contributed by atoms with Gasteiger partial charge in [0.15, 0.2) is 0 Å². The molecule has 5 heteroatoms. The first kappa shape index (κ1) is 9.64. The predicted octanol–water partition coefficient (Wildman–Crippen LogP) is 1.18. The lowest BCUT2D eigenvalue weighted by molar-refractivity contribution is -0.384. The molecule has 2 atom stereocenters. The average Bonchev–Trinajstić information content (AvgIpc) is 2.97. The first-order chi connectivity index (χ1) is 7.09. The minimum Gasteiger partial charge on any atom is -0.369 e. The molecular weight excluding hydrogens is 196 g/mol. The molecule has 1 amide bonds. The number of hydrogen-bond acceptors (Lipinski definition) is 3. The lowest BCUT2D eigenvalue weighted by Gasteiger charge is -1.97. The van der Waals surface area contributed by atoms with Gasteiger partial charge in [0.25, 0.3) is 5.69 Å². The SMILES string of the molecule is NC(=O)C1CC1c1ccc([N+](=O)[O-])cc1. The van der Waals surface area contributed by atoms with Gasteiger partial charge >= 0.3 is 0 Å². The van der Waals surface area contributed by atoms with E-state index in [2.05, 4.69) is 0 Å². The number of amides is 1. The van der Waals surface area contributed by atoms with Crippen LogP contribution in [0.2, 0.25) is 0 Å². The number of hydrogen-bond donors (Lipinski definition) is 1. The highest BCUT2D eigenvalue weighted by atomic mass is 16.6. The lowest BCUT2D eigenvalue weighted by atomic mass is 10.1. The van der Waals surface area contributed by atoms with Gasteiger partial charge in [0.05, 0.1) is 4.92 Å². The van der Waals surface area contributed by atoms with Crippen molar-refractivity contribution >= 4 is 11.6 Å². The molecular formula is C10H10N2O3. The molecule has 2 N–H and O–H groups in total. The Hall–Kier alpha value is -1.91. The smallest absolute Gasteiger partial charge is 0.269 e. The Morgan fingerprint density at radius 1 is 1.40 bits per heavy atom. The van der Waals surface area contributed by atoms with Crippen LogP contribution in [-0.2, 0) is 4.79 Å². The number of non-ortho nitro benzene ring substituents is 1. The maximum atomic E-state index is 10.8. The maximum absolute atomic E-state index is 10.8. The van der Waals surface area contributed by atoms with E-state index in [0.717, 1.165) is 12.0 Å². The number of nitro benzene ring substituents is 1. The van der Waals surface area contributed by atoms with Crippen LogP contribution in [0.15, 0.2) is 24.3 Å². The number of carbonyl (C=O) groups is 1. The van der Waals surface area contributed by atoms with Crippen molar-refractivity contribution in [2.24, 2.45) is 11.7 Å². The highest BCUT2D eigenvalue weighted by molar-refractivity contribution is 5.81. The average molecular weight is 206 g/mol. The van der Waals surface area contributed by atoms with Gasteiger partial charge < -0.3 is 5.73 Å². The van der Waals surface area contributed by atoms with E-state index < -0.39 is 4.92 Å². The summed E-state index contributed by atoms with van der Waals surface area (Å²) < 4.78 is 0. The van der Waals surface area contributed by atoms with Crippen molar-refractivity contribution < 1.29 is 9.72 Å². The topological polar surface area (TPSA) is 86.2 Å². The standard InChI is InChI=1S/C10H10N2O3/c11-10(13)9-5-8(9)6-1-3-7(4-2-6)12(14)15/h1-4,8-9H,5H2,(H2,11,13). The van der Waals surface area contributed by atoms with E-state index in [4.69, 9.17) is 5.73 Å². The van der Waals surface area contributed by atoms with Crippen LogP contribution in [0.3, 0.4) is 0 Å². The zero-order chi connectivity index (χ0) is 11.0. The Morgan fingerprint density at radius 3 is 2.40 bits per heavy atom. The van der Waals surface area contributed by atoms with Gasteiger partial charge in [0.1, 0.15) is 0 Å². The normalized spacial score (nSPS) is 23.5. The van der Waals surface area contributed by atoms with Crippen LogP contribution >= 0.6 is 0 Å². The van der Waals surface area contributed by atoms with Crippen LogP contribution in [0, 0.1) is 16.0 Å². The Bertz CT molecular complexity index is 413. The molecule has 0 spiro atoms. The number of rotatable bonds is 3. The molecule has 1 aromatic rings. The van der Waals surface area contributed by atoms with Crippen LogP contribution in [0.25, 0.3) is 0 Å². The van der Waals surface area contributed by atoms with Crippen molar-refractivity contribution in [2.75, 3.05) is 0 Å². The molecule has 5 nitrogen and oxygen atoms in total. The number of carbonyl (C=O) groups excluding carboxylic acids is 1. The Labute approximate surface area is 86.0 Å². The van der Waals surface area contributed by atoms with Crippen molar-refractivity contribution in [2.45, 2.75) is 12.3 Å². The highest BCUT2D eigenvalue weighted by Gasteiger charge is 2.42. The second-order valence-electron chi connectivity index (χ2n) is 3.70. The van der Waals surface area contributed by atoms with Crippen molar-refractivity contribution in [1.82, 2.24) is 0 Å². The minimum atomic E-state index is -0.442. The van der Waals surface area contributed by atoms with Crippen LogP contribution in [-0.4, -0.2) is 10.8 Å². The molecule has 1 saturated carbocycles. The molecule has 0 heterocycles. The summed E-state index contributed by atoms with van der Waals surface area (Å²) in [6.45, 7) is 0. The molecule has 2 rings (SSSR count). The molecule has 1 aliphatic carbocycles. The zero-order valence-corrected chi connectivity index (χ0v) is 7.92. The van der Waals surface area contributed by atoms with E-state index in [9.17, 15) is 14.9 Å². The number of primary amides is 1. The summed E-state index contributed by atoms with van der Waals surface area (Å²) in [7, 11) is 0. The van der Waals surface area contributed by atoms with E-state index in [-0.39, 0.29) is 23.4 Å². The molecule has 78 valence electrons. The molecule has 1 aliphatic rings. The first-order valence-electron chi connectivity index (χ1n) is 4.63. The summed E-state index contributed by atoms with van der Waals surface area (Å²) in [5.41, 5.74) is 6.17. The number of nitro groups is 1. The zero-order valence-electron chi connectivity index (χ0n) is 7.92. The molecule has 0 radical (unpaired) electrons. The van der Waals surface area contributed by atoms with E-state index in [1.165, 1.54) is 12.1 Å². The van der Waals surface area contributed by atoms with E-state index in [1.807, 2.05) is 0 Å². The van der Waals surface area contributed by atoms with Crippen LogP contribution < -0.4 is 5.73 Å². The van der Waals surface area contributed by atoms with Crippen molar-refractivity contribution in [3.8, 4) is 0 Å². The van der Waals surface area contributed by atoms with Crippen molar-refractivity contribution in [3.05, 3.63) is 39.9 Å². The quantitative estimate of drug-likeness (QED) is 0.595. The third kappa shape index (κ3) is 1.81. The van der Waals surface area contributed by atoms with Gasteiger partial charge in [-0.2, -0.15) is 0 Å². The summed E-state index contributed by atoms with van der Waals surface area (Å²) in [6, 6.07) is 6.27. The van der Waals surface area contributed by atoms with Crippen LogP contribution in [0.5, 0.6) is 0 Å². The van der Waals surface area contributed by atoms with E-state index >= 15 is 0 Å². The fourth-order valence-electron chi connectivity index (χ4n) is 1.72. The molecule has 0 aliphatic heterocycles. The second-order valence-corrected chi connectivity index (χ2v) is 3.70. The second kappa shape index (κ2) is 3.34. The first-order valence-corrected chi connectivity index (χ1v) is 4.63. The number of nitrogens with two attached hydrogens (primary N) is 1. The molecule has 0 aromatic heterocycles. The Kier molecular flexibility index (Phi) is 2.15. The van der Waals surface area contributed by atoms with Gasteiger partial charge in [0, 0.05) is 18.1 Å². The molecule has 1 aromatic carbocycles. The van der Waals surface area contributed by atoms with Gasteiger partial charge in [0.2, 0.25) is 5.91 Å². The molecule has 0 bridgehead atoms. The van der Waals surface area contributed by atoms with Gasteiger partial charge in [-0.3, -0.25) is 14.9 Å². The van der Waals surface area contributed by atoms with Crippen LogP contribution in [0.1, 0.15) is 17.9 Å². The maximum Gasteiger partial charge on any atom is 0.269 e. The number of nitrogens with zero attached hydrogens (tertiary/aromatic N) is 1. The fourth-order valence-corrected chi connectivity index (χ4v) is 1.72. The van der Waals surface area contributed by atoms with Gasteiger partial charge in [-0.25, -0.2) is 0 Å². The summed E-state index contributed by atoms with van der Waals surface area (Å²) in [5, 5.41) is 10.4. The molecule has 1 fully saturated rings. The number of benzene rings is 1. The van der Waals surface area contributed by atoms with Gasteiger partial charge in [-0.05, 0) is 17.9 Å². The molecule has 2 unspecified atom stereocenters. The minimum absolute atomic E-state index is 0.0648. The fraction of sp³-hybridized carbons (Fsp3) is 0.300. The third-order valence-corrected chi connectivity index (χ3v) is 2.69. The summed E-state index contributed by atoms with van der Waals surface area (Å²) in [6.07, 6.45) is 0.757. The Balaban J connectivity index is 2.12. The summed E-state index contributed by atoms with van der Waals surface area (Å²) >= 11 is 0. The highest BCUT2D eigenvalue weighted by Crippen LogP contribution is 2.47.